The standard InChI is InChI=1S/C11H16N2O/c12-5-10-11-8-3-1-7(2-4-8)9(11)6-13(10)14/h7-11,14H,1-4,6H2/t7?,8?,9-,10-,11+/m0/s1. The van der Waals surface area contributed by atoms with Crippen LogP contribution >= 0.6 is 0 Å². The lowest BCUT2D eigenvalue weighted by molar-refractivity contribution is -0.0950. The largest absolute Gasteiger partial charge is 0.313 e. The summed E-state index contributed by atoms with van der Waals surface area (Å²) < 4.78 is 0. The second kappa shape index (κ2) is 2.95. The first-order valence-electron chi connectivity index (χ1n) is 5.66. The van der Waals surface area contributed by atoms with Crippen LogP contribution in [-0.2, 0) is 0 Å². The monoisotopic (exact) mass is 192 g/mol. The molecule has 0 unspecified atom stereocenters. The fraction of sp³-hybridized carbons (Fsp3) is 0.909. The van der Waals surface area contributed by atoms with E-state index in [0.717, 1.165) is 12.5 Å². The van der Waals surface area contributed by atoms with Crippen molar-refractivity contribution < 1.29 is 5.21 Å². The topological polar surface area (TPSA) is 47.3 Å². The Balaban J connectivity index is 1.92. The van der Waals surface area contributed by atoms with Crippen LogP contribution in [-0.4, -0.2) is 22.9 Å². The molecule has 3 aliphatic carbocycles. The second-order valence-corrected chi connectivity index (χ2v) is 5.11. The van der Waals surface area contributed by atoms with Crippen LogP contribution in [0.2, 0.25) is 0 Å². The summed E-state index contributed by atoms with van der Waals surface area (Å²) in [7, 11) is 0. The van der Waals surface area contributed by atoms with Gasteiger partial charge in [0.15, 0.2) is 0 Å². The van der Waals surface area contributed by atoms with E-state index in [0.29, 0.717) is 17.8 Å². The molecule has 0 aromatic rings. The molecule has 1 saturated heterocycles. The van der Waals surface area contributed by atoms with Crippen molar-refractivity contribution in [3.05, 3.63) is 0 Å². The fourth-order valence-electron chi connectivity index (χ4n) is 4.07. The molecule has 3 saturated carbocycles. The van der Waals surface area contributed by atoms with Gasteiger partial charge in [-0.1, -0.05) is 0 Å². The number of nitriles is 1. The average Bonchev–Trinajstić information content (AvgIpc) is 2.57. The van der Waals surface area contributed by atoms with Gasteiger partial charge < -0.3 is 5.21 Å². The first-order valence-corrected chi connectivity index (χ1v) is 5.66. The second-order valence-electron chi connectivity index (χ2n) is 5.11. The van der Waals surface area contributed by atoms with Crippen LogP contribution in [0.4, 0.5) is 0 Å². The normalized spacial score (nSPS) is 51.6. The van der Waals surface area contributed by atoms with Crippen molar-refractivity contribution in [2.24, 2.45) is 23.7 Å². The van der Waals surface area contributed by atoms with Crippen LogP contribution in [0, 0.1) is 35.0 Å². The number of fused-ring (bicyclic) bond motifs is 2. The molecule has 1 aliphatic heterocycles. The quantitative estimate of drug-likeness (QED) is 0.634. The van der Waals surface area contributed by atoms with Gasteiger partial charge >= 0.3 is 0 Å². The minimum absolute atomic E-state index is 0.215. The van der Waals surface area contributed by atoms with Crippen LogP contribution in [0.15, 0.2) is 0 Å². The summed E-state index contributed by atoms with van der Waals surface area (Å²) in [5.41, 5.74) is 0. The maximum Gasteiger partial charge on any atom is 0.125 e. The van der Waals surface area contributed by atoms with Crippen LogP contribution in [0.1, 0.15) is 25.7 Å². The molecule has 76 valence electrons. The van der Waals surface area contributed by atoms with E-state index in [4.69, 9.17) is 5.26 Å². The molecule has 3 atom stereocenters. The van der Waals surface area contributed by atoms with Crippen molar-refractivity contribution in [3.63, 3.8) is 0 Å². The molecule has 4 rings (SSSR count). The van der Waals surface area contributed by atoms with E-state index in [1.54, 1.807) is 0 Å². The van der Waals surface area contributed by atoms with Crippen LogP contribution in [0.5, 0.6) is 0 Å². The fourth-order valence-corrected chi connectivity index (χ4v) is 4.07. The molecule has 3 heteroatoms. The third-order valence-electron chi connectivity index (χ3n) is 4.68. The van der Waals surface area contributed by atoms with Gasteiger partial charge in [-0.2, -0.15) is 10.3 Å². The van der Waals surface area contributed by atoms with E-state index in [1.807, 2.05) is 0 Å². The van der Waals surface area contributed by atoms with E-state index in [2.05, 4.69) is 6.07 Å². The Kier molecular flexibility index (Phi) is 1.83. The maximum absolute atomic E-state index is 9.69. The summed E-state index contributed by atoms with van der Waals surface area (Å²) in [6.07, 6.45) is 5.24. The van der Waals surface area contributed by atoms with Gasteiger partial charge in [0.1, 0.15) is 6.04 Å². The zero-order chi connectivity index (χ0) is 9.71. The summed E-state index contributed by atoms with van der Waals surface area (Å²) in [6, 6.07) is 2.06. The number of nitrogens with zero attached hydrogens (tertiary/aromatic N) is 2. The lowest BCUT2D eigenvalue weighted by Crippen LogP contribution is -2.41. The first-order chi connectivity index (χ1) is 6.81. The van der Waals surface area contributed by atoms with Gasteiger partial charge in [-0.3, -0.25) is 0 Å². The van der Waals surface area contributed by atoms with Gasteiger partial charge in [0, 0.05) is 6.54 Å². The Labute approximate surface area is 84.3 Å². The first kappa shape index (κ1) is 8.70. The SMILES string of the molecule is N#C[C@H]1[C@@H]2C3CCC(CC3)[C@@H]2CN1O. The van der Waals surface area contributed by atoms with E-state index in [9.17, 15) is 5.21 Å². The van der Waals surface area contributed by atoms with Crippen molar-refractivity contribution in [2.45, 2.75) is 31.7 Å². The average molecular weight is 192 g/mol. The zero-order valence-electron chi connectivity index (χ0n) is 8.26. The summed E-state index contributed by atoms with van der Waals surface area (Å²) >= 11 is 0. The molecule has 1 N–H and O–H groups in total. The smallest absolute Gasteiger partial charge is 0.125 e. The molecule has 4 aliphatic rings. The Hall–Kier alpha value is -0.590. The summed E-state index contributed by atoms with van der Waals surface area (Å²) in [5, 5.41) is 20.0. The van der Waals surface area contributed by atoms with E-state index >= 15 is 0 Å². The predicted molar refractivity (Wildman–Crippen MR) is 50.3 cm³/mol. The Morgan fingerprint density at radius 1 is 1.14 bits per heavy atom. The van der Waals surface area contributed by atoms with Gasteiger partial charge in [-0.25, -0.2) is 0 Å². The molecule has 3 nitrogen and oxygen atoms in total. The molecule has 0 aromatic carbocycles. The number of rotatable bonds is 0. The van der Waals surface area contributed by atoms with Gasteiger partial charge in [-0.15, -0.1) is 0 Å². The molecule has 4 fully saturated rings. The summed E-state index contributed by atoms with van der Waals surface area (Å²) in [6.45, 7) is 0.740. The van der Waals surface area contributed by atoms with E-state index in [1.165, 1.54) is 30.7 Å². The number of hydroxylamine groups is 2. The predicted octanol–water partition coefficient (Wildman–Crippen LogP) is 1.64. The molecule has 0 amide bonds. The minimum atomic E-state index is -0.215. The number of hydrogen-bond acceptors (Lipinski definition) is 3. The van der Waals surface area contributed by atoms with Crippen molar-refractivity contribution >= 4 is 0 Å². The van der Waals surface area contributed by atoms with Gasteiger partial charge in [0.25, 0.3) is 0 Å². The van der Waals surface area contributed by atoms with Gasteiger partial charge in [-0.05, 0) is 49.4 Å². The Bertz CT molecular complexity index is 278. The van der Waals surface area contributed by atoms with Crippen molar-refractivity contribution in [1.29, 1.82) is 5.26 Å². The molecule has 0 spiro atoms. The molecule has 0 aromatic heterocycles. The molecular weight excluding hydrogens is 176 g/mol. The summed E-state index contributed by atoms with van der Waals surface area (Å²) in [5.74, 6) is 2.58. The van der Waals surface area contributed by atoms with Crippen LogP contribution < -0.4 is 0 Å². The highest BCUT2D eigenvalue weighted by atomic mass is 16.5. The van der Waals surface area contributed by atoms with Crippen molar-refractivity contribution in [3.8, 4) is 6.07 Å². The Morgan fingerprint density at radius 3 is 2.43 bits per heavy atom. The zero-order valence-corrected chi connectivity index (χ0v) is 8.26. The Morgan fingerprint density at radius 2 is 1.79 bits per heavy atom. The van der Waals surface area contributed by atoms with Crippen LogP contribution in [0.3, 0.4) is 0 Å². The van der Waals surface area contributed by atoms with Crippen molar-refractivity contribution in [1.82, 2.24) is 5.06 Å². The molecule has 2 bridgehead atoms. The van der Waals surface area contributed by atoms with Crippen molar-refractivity contribution in [2.75, 3.05) is 6.54 Å². The van der Waals surface area contributed by atoms with E-state index in [-0.39, 0.29) is 6.04 Å². The minimum Gasteiger partial charge on any atom is -0.313 e. The molecule has 1 heterocycles. The van der Waals surface area contributed by atoms with Crippen LogP contribution in [0.25, 0.3) is 0 Å². The highest BCUT2D eigenvalue weighted by Crippen LogP contribution is 2.53. The maximum atomic E-state index is 9.69. The highest BCUT2D eigenvalue weighted by Gasteiger charge is 2.53. The van der Waals surface area contributed by atoms with E-state index < -0.39 is 0 Å². The molecule has 14 heavy (non-hydrogen) atoms. The third-order valence-corrected chi connectivity index (χ3v) is 4.68. The highest BCUT2D eigenvalue weighted by molar-refractivity contribution is 5.09. The molecular formula is C11H16N2O. The van der Waals surface area contributed by atoms with Gasteiger partial charge in [0.05, 0.1) is 6.07 Å². The lowest BCUT2D eigenvalue weighted by atomic mass is 9.58. The van der Waals surface area contributed by atoms with Gasteiger partial charge in [0.2, 0.25) is 0 Å². The lowest BCUT2D eigenvalue weighted by Gasteiger charge is -2.45. The summed E-state index contributed by atoms with van der Waals surface area (Å²) in [4.78, 5) is 0. The third kappa shape index (κ3) is 0.986. The molecule has 0 radical (unpaired) electrons. The number of hydrogen-bond donors (Lipinski definition) is 1.